The molecule has 1 aromatic carbocycles. The molecule has 2 N–H and O–H groups in total. The third kappa shape index (κ3) is 2.18. The number of fused-ring (bicyclic) bond motifs is 1. The van der Waals surface area contributed by atoms with Gasteiger partial charge in [-0.1, -0.05) is 15.9 Å². The van der Waals surface area contributed by atoms with E-state index in [4.69, 9.17) is 10.5 Å². The Morgan fingerprint density at radius 1 is 1.50 bits per heavy atom. The first kappa shape index (κ1) is 12.1. The molecule has 0 aliphatic carbocycles. The van der Waals surface area contributed by atoms with E-state index in [2.05, 4.69) is 26.3 Å². The van der Waals surface area contributed by atoms with Crippen molar-refractivity contribution in [3.8, 4) is 5.75 Å². The zero-order chi connectivity index (χ0) is 12.7. The first-order valence-electron chi connectivity index (χ1n) is 5.77. The minimum absolute atomic E-state index is 0.00161. The van der Waals surface area contributed by atoms with E-state index in [0.717, 1.165) is 32.9 Å². The number of rotatable bonds is 1. The molecule has 1 aromatic heterocycles. The Balaban J connectivity index is 1.94. The molecule has 2 aromatic rings. The Kier molecular flexibility index (Phi) is 3.13. The van der Waals surface area contributed by atoms with Crippen LogP contribution in [0.5, 0.6) is 5.75 Å². The Morgan fingerprint density at radius 3 is 3.06 bits per heavy atom. The second-order valence-corrected chi connectivity index (χ2v) is 6.40. The maximum absolute atomic E-state index is 6.22. The molecule has 3 nitrogen and oxygen atoms in total. The average molecular weight is 325 g/mol. The van der Waals surface area contributed by atoms with Crippen LogP contribution in [-0.2, 0) is 0 Å². The molecule has 1 aliphatic rings. The van der Waals surface area contributed by atoms with Gasteiger partial charge in [0.25, 0.3) is 0 Å². The monoisotopic (exact) mass is 324 g/mol. The second-order valence-electron chi connectivity index (χ2n) is 4.42. The van der Waals surface area contributed by atoms with Gasteiger partial charge in [-0.15, -0.1) is 11.3 Å². The molecule has 1 aliphatic heterocycles. The first-order valence-corrected chi connectivity index (χ1v) is 7.44. The lowest BCUT2D eigenvalue weighted by Crippen LogP contribution is -2.24. The number of benzene rings is 1. The van der Waals surface area contributed by atoms with Crippen molar-refractivity contribution in [2.75, 3.05) is 0 Å². The summed E-state index contributed by atoms with van der Waals surface area (Å²) in [5, 5.41) is 3.11. The lowest BCUT2D eigenvalue weighted by molar-refractivity contribution is 0.158. The molecule has 0 bridgehead atoms. The third-order valence-corrected chi connectivity index (χ3v) is 4.36. The molecule has 2 atom stereocenters. The van der Waals surface area contributed by atoms with E-state index < -0.39 is 0 Å². The number of nitrogens with two attached hydrogens (primary N) is 1. The van der Waals surface area contributed by atoms with Gasteiger partial charge in [0.1, 0.15) is 11.9 Å². The lowest BCUT2D eigenvalue weighted by Gasteiger charge is -2.29. The summed E-state index contributed by atoms with van der Waals surface area (Å²) in [6, 6.07) is 5.96. The van der Waals surface area contributed by atoms with Crippen LogP contribution in [0.3, 0.4) is 0 Å². The third-order valence-electron chi connectivity index (χ3n) is 3.08. The Bertz CT molecular complexity index is 584. The molecule has 0 amide bonds. The van der Waals surface area contributed by atoms with Crippen LogP contribution in [0.2, 0.25) is 0 Å². The fourth-order valence-electron chi connectivity index (χ4n) is 2.18. The van der Waals surface area contributed by atoms with Gasteiger partial charge in [0.15, 0.2) is 0 Å². The summed E-state index contributed by atoms with van der Waals surface area (Å²) in [7, 11) is 0. The van der Waals surface area contributed by atoms with Crippen molar-refractivity contribution in [1.82, 2.24) is 4.98 Å². The molecule has 0 saturated carbocycles. The average Bonchev–Trinajstić information content (AvgIpc) is 2.77. The summed E-state index contributed by atoms with van der Waals surface area (Å²) in [6.45, 7) is 2.00. The number of ether oxygens (including phenoxy) is 1. The minimum Gasteiger partial charge on any atom is -0.484 e. The van der Waals surface area contributed by atoms with Crippen molar-refractivity contribution in [2.24, 2.45) is 5.73 Å². The lowest BCUT2D eigenvalue weighted by atomic mass is 9.96. The first-order chi connectivity index (χ1) is 8.63. The van der Waals surface area contributed by atoms with Gasteiger partial charge < -0.3 is 10.5 Å². The fourth-order valence-corrected chi connectivity index (χ4v) is 3.22. The molecular weight excluding hydrogens is 312 g/mol. The maximum atomic E-state index is 6.22. The van der Waals surface area contributed by atoms with Crippen molar-refractivity contribution in [3.63, 3.8) is 0 Å². The molecule has 0 saturated heterocycles. The summed E-state index contributed by atoms with van der Waals surface area (Å²) in [4.78, 5) is 4.49. The molecule has 18 heavy (non-hydrogen) atoms. The van der Waals surface area contributed by atoms with E-state index in [1.54, 1.807) is 11.3 Å². The Morgan fingerprint density at radius 2 is 2.33 bits per heavy atom. The van der Waals surface area contributed by atoms with Gasteiger partial charge in [-0.2, -0.15) is 0 Å². The number of hydrogen-bond donors (Lipinski definition) is 1. The van der Waals surface area contributed by atoms with Crippen LogP contribution in [-0.4, -0.2) is 4.98 Å². The molecule has 2 heterocycles. The zero-order valence-electron chi connectivity index (χ0n) is 9.89. The van der Waals surface area contributed by atoms with Crippen molar-refractivity contribution in [2.45, 2.75) is 25.5 Å². The number of nitrogens with zero attached hydrogens (tertiary/aromatic N) is 1. The predicted octanol–water partition coefficient (Wildman–Crippen LogP) is 3.74. The van der Waals surface area contributed by atoms with Gasteiger partial charge in [0.2, 0.25) is 0 Å². The van der Waals surface area contributed by atoms with Gasteiger partial charge in [-0.3, -0.25) is 0 Å². The Hall–Kier alpha value is -0.910. The highest BCUT2D eigenvalue weighted by Crippen LogP contribution is 2.40. The molecule has 94 valence electrons. The van der Waals surface area contributed by atoms with Gasteiger partial charge in [0, 0.05) is 27.9 Å². The Labute approximate surface area is 118 Å². The summed E-state index contributed by atoms with van der Waals surface area (Å²) >= 11 is 5.10. The molecule has 0 radical (unpaired) electrons. The highest BCUT2D eigenvalue weighted by Gasteiger charge is 2.28. The van der Waals surface area contributed by atoms with E-state index >= 15 is 0 Å². The fraction of sp³-hybridized carbons (Fsp3) is 0.308. The van der Waals surface area contributed by atoms with E-state index in [-0.39, 0.29) is 12.1 Å². The number of halogens is 1. The number of aromatic nitrogens is 1. The van der Waals surface area contributed by atoms with Crippen molar-refractivity contribution in [3.05, 3.63) is 44.3 Å². The minimum atomic E-state index is -0.0291. The van der Waals surface area contributed by atoms with Gasteiger partial charge >= 0.3 is 0 Å². The van der Waals surface area contributed by atoms with Gasteiger partial charge in [0.05, 0.1) is 10.7 Å². The molecule has 5 heteroatoms. The molecule has 0 fully saturated rings. The topological polar surface area (TPSA) is 48.1 Å². The van der Waals surface area contributed by atoms with Gasteiger partial charge in [-0.25, -0.2) is 4.98 Å². The normalized spacial score (nSPS) is 22.4. The largest absolute Gasteiger partial charge is 0.484 e. The van der Waals surface area contributed by atoms with E-state index in [1.807, 2.05) is 25.1 Å². The smallest absolute Gasteiger partial charge is 0.143 e. The standard InChI is InChI=1S/C13H13BrN2OS/c1-7-16-11(6-18-7)13-5-10(15)9-4-8(14)2-3-12(9)17-13/h2-4,6,10,13H,5,15H2,1H3/t10-,13?/m0/s1. The van der Waals surface area contributed by atoms with Crippen LogP contribution < -0.4 is 10.5 Å². The zero-order valence-corrected chi connectivity index (χ0v) is 12.3. The molecule has 3 rings (SSSR count). The van der Waals surface area contributed by atoms with Crippen LogP contribution in [0.1, 0.15) is 34.8 Å². The van der Waals surface area contributed by atoms with Crippen LogP contribution >= 0.6 is 27.3 Å². The number of hydrogen-bond acceptors (Lipinski definition) is 4. The highest BCUT2D eigenvalue weighted by atomic mass is 79.9. The molecule has 0 spiro atoms. The van der Waals surface area contributed by atoms with E-state index in [1.165, 1.54) is 0 Å². The molecule has 1 unspecified atom stereocenters. The number of thiazole rings is 1. The van der Waals surface area contributed by atoms with Crippen LogP contribution in [0.25, 0.3) is 0 Å². The van der Waals surface area contributed by atoms with Gasteiger partial charge in [-0.05, 0) is 25.1 Å². The summed E-state index contributed by atoms with van der Waals surface area (Å²) in [6.07, 6.45) is 0.741. The maximum Gasteiger partial charge on any atom is 0.143 e. The SMILES string of the molecule is Cc1nc(C2C[C@H](N)c3cc(Br)ccc3O2)cs1. The predicted molar refractivity (Wildman–Crippen MR) is 75.9 cm³/mol. The molecular formula is C13H13BrN2OS. The van der Waals surface area contributed by atoms with Crippen LogP contribution in [0, 0.1) is 6.92 Å². The summed E-state index contributed by atoms with van der Waals surface area (Å²) in [5.74, 6) is 0.868. The van der Waals surface area contributed by atoms with E-state index in [0.29, 0.717) is 0 Å². The van der Waals surface area contributed by atoms with Crippen LogP contribution in [0.4, 0.5) is 0 Å². The van der Waals surface area contributed by atoms with E-state index in [9.17, 15) is 0 Å². The van der Waals surface area contributed by atoms with Crippen LogP contribution in [0.15, 0.2) is 28.1 Å². The summed E-state index contributed by atoms with van der Waals surface area (Å²) in [5.41, 5.74) is 8.27. The second kappa shape index (κ2) is 4.64. The van der Waals surface area contributed by atoms with Crippen molar-refractivity contribution in [1.29, 1.82) is 0 Å². The number of aryl methyl sites for hydroxylation is 1. The van der Waals surface area contributed by atoms with Crippen molar-refractivity contribution >= 4 is 27.3 Å². The quantitative estimate of drug-likeness (QED) is 0.869. The highest BCUT2D eigenvalue weighted by molar-refractivity contribution is 9.10. The summed E-state index contributed by atoms with van der Waals surface area (Å²) < 4.78 is 7.03. The van der Waals surface area contributed by atoms with Crippen molar-refractivity contribution < 1.29 is 4.74 Å².